The highest BCUT2D eigenvalue weighted by Crippen LogP contribution is 2.25. The summed E-state index contributed by atoms with van der Waals surface area (Å²) in [7, 11) is 1.55. The Morgan fingerprint density at radius 3 is 2.82 bits per heavy atom. The van der Waals surface area contributed by atoms with E-state index in [1.54, 1.807) is 19.4 Å². The van der Waals surface area contributed by atoms with Crippen molar-refractivity contribution in [2.75, 3.05) is 7.11 Å². The number of hydrogen-bond donors (Lipinski definition) is 0. The second-order valence-corrected chi connectivity index (χ2v) is 3.66. The zero-order valence-corrected chi connectivity index (χ0v) is 9.88. The zero-order valence-electron chi connectivity index (χ0n) is 9.88. The van der Waals surface area contributed by atoms with Crippen LogP contribution in [0.2, 0.25) is 0 Å². The molecular formula is C13H14N2O2. The third-order valence-electron chi connectivity index (χ3n) is 2.65. The number of aldehydes is 1. The smallest absolute Gasteiger partial charge is 0.153 e. The van der Waals surface area contributed by atoms with E-state index in [9.17, 15) is 4.79 Å². The van der Waals surface area contributed by atoms with Crippen molar-refractivity contribution < 1.29 is 9.53 Å². The SMILES string of the molecule is CCn1cc(-c2ccc(OC)c(C=O)c2)cn1. The van der Waals surface area contributed by atoms with E-state index >= 15 is 0 Å². The maximum Gasteiger partial charge on any atom is 0.153 e. The summed E-state index contributed by atoms with van der Waals surface area (Å²) in [6, 6.07) is 5.52. The fourth-order valence-corrected chi connectivity index (χ4v) is 1.69. The highest BCUT2D eigenvalue weighted by Gasteiger charge is 2.06. The summed E-state index contributed by atoms with van der Waals surface area (Å²) >= 11 is 0. The largest absolute Gasteiger partial charge is 0.496 e. The van der Waals surface area contributed by atoms with Crippen molar-refractivity contribution >= 4 is 6.29 Å². The molecule has 2 aromatic rings. The number of methoxy groups -OCH3 is 1. The minimum absolute atomic E-state index is 0.550. The molecule has 0 unspecified atom stereocenters. The van der Waals surface area contributed by atoms with Crippen LogP contribution in [0.3, 0.4) is 0 Å². The van der Waals surface area contributed by atoms with Crippen molar-refractivity contribution in [3.63, 3.8) is 0 Å². The zero-order chi connectivity index (χ0) is 12.3. The molecule has 0 saturated heterocycles. The van der Waals surface area contributed by atoms with Crippen LogP contribution < -0.4 is 4.74 Å². The minimum Gasteiger partial charge on any atom is -0.496 e. The second-order valence-electron chi connectivity index (χ2n) is 3.66. The molecule has 0 spiro atoms. The van der Waals surface area contributed by atoms with Gasteiger partial charge in [0.25, 0.3) is 0 Å². The molecule has 0 aliphatic rings. The highest BCUT2D eigenvalue weighted by molar-refractivity contribution is 5.82. The number of ether oxygens (including phenoxy) is 1. The Morgan fingerprint density at radius 1 is 1.41 bits per heavy atom. The van der Waals surface area contributed by atoms with Crippen molar-refractivity contribution in [2.24, 2.45) is 0 Å². The third kappa shape index (κ3) is 2.20. The number of hydrogen-bond acceptors (Lipinski definition) is 3. The summed E-state index contributed by atoms with van der Waals surface area (Å²) in [4.78, 5) is 10.9. The lowest BCUT2D eigenvalue weighted by Gasteiger charge is -2.05. The lowest BCUT2D eigenvalue weighted by molar-refractivity contribution is 0.112. The standard InChI is InChI=1S/C13H14N2O2/c1-3-15-8-12(7-14-15)10-4-5-13(17-2)11(6-10)9-16/h4-9H,3H2,1-2H3. The molecule has 0 atom stereocenters. The molecule has 0 aliphatic carbocycles. The van der Waals surface area contributed by atoms with Crippen LogP contribution in [-0.2, 0) is 6.54 Å². The Balaban J connectivity index is 2.42. The van der Waals surface area contributed by atoms with Crippen molar-refractivity contribution in [1.82, 2.24) is 9.78 Å². The van der Waals surface area contributed by atoms with E-state index < -0.39 is 0 Å². The normalized spacial score (nSPS) is 10.2. The predicted octanol–water partition coefficient (Wildman–Crippen LogP) is 2.39. The average molecular weight is 230 g/mol. The number of aromatic nitrogens is 2. The van der Waals surface area contributed by atoms with E-state index in [2.05, 4.69) is 5.10 Å². The highest BCUT2D eigenvalue weighted by atomic mass is 16.5. The van der Waals surface area contributed by atoms with Crippen molar-refractivity contribution in [1.29, 1.82) is 0 Å². The van der Waals surface area contributed by atoms with E-state index in [0.29, 0.717) is 11.3 Å². The molecule has 0 fully saturated rings. The Morgan fingerprint density at radius 2 is 2.24 bits per heavy atom. The summed E-state index contributed by atoms with van der Waals surface area (Å²) in [5.41, 5.74) is 2.51. The van der Waals surface area contributed by atoms with Crippen molar-refractivity contribution in [3.05, 3.63) is 36.2 Å². The van der Waals surface area contributed by atoms with Gasteiger partial charge in [0.2, 0.25) is 0 Å². The van der Waals surface area contributed by atoms with Gasteiger partial charge < -0.3 is 4.74 Å². The van der Waals surface area contributed by atoms with Crippen LogP contribution in [0.25, 0.3) is 11.1 Å². The van der Waals surface area contributed by atoms with Crippen LogP contribution in [0.5, 0.6) is 5.75 Å². The molecular weight excluding hydrogens is 216 g/mol. The summed E-state index contributed by atoms with van der Waals surface area (Å²) in [6.07, 6.45) is 4.54. The van der Waals surface area contributed by atoms with E-state index in [-0.39, 0.29) is 0 Å². The number of benzene rings is 1. The van der Waals surface area contributed by atoms with Gasteiger partial charge in [-0.3, -0.25) is 9.48 Å². The second kappa shape index (κ2) is 4.82. The molecule has 0 saturated carbocycles. The molecule has 0 amide bonds. The average Bonchev–Trinajstić information content (AvgIpc) is 2.86. The van der Waals surface area contributed by atoms with Crippen LogP contribution in [0.4, 0.5) is 0 Å². The molecule has 4 nitrogen and oxygen atoms in total. The molecule has 0 bridgehead atoms. The first-order chi connectivity index (χ1) is 8.28. The molecule has 1 aromatic heterocycles. The summed E-state index contributed by atoms with van der Waals surface area (Å²) in [5, 5.41) is 4.21. The Kier molecular flexibility index (Phi) is 3.23. The van der Waals surface area contributed by atoms with Gasteiger partial charge in [-0.2, -0.15) is 5.10 Å². The number of nitrogens with zero attached hydrogens (tertiary/aromatic N) is 2. The quantitative estimate of drug-likeness (QED) is 0.757. The molecule has 2 rings (SSSR count). The Hall–Kier alpha value is -2.10. The van der Waals surface area contributed by atoms with Crippen LogP contribution >= 0.6 is 0 Å². The molecule has 0 aliphatic heterocycles. The van der Waals surface area contributed by atoms with Crippen LogP contribution in [-0.4, -0.2) is 23.2 Å². The predicted molar refractivity (Wildman–Crippen MR) is 65.3 cm³/mol. The number of carbonyl (C=O) groups is 1. The first kappa shape index (κ1) is 11.4. The number of rotatable bonds is 4. The van der Waals surface area contributed by atoms with Gasteiger partial charge in [-0.25, -0.2) is 0 Å². The van der Waals surface area contributed by atoms with Gasteiger partial charge in [0.1, 0.15) is 5.75 Å². The molecule has 1 heterocycles. The van der Waals surface area contributed by atoms with Crippen LogP contribution in [0, 0.1) is 0 Å². The first-order valence-electron chi connectivity index (χ1n) is 5.44. The fraction of sp³-hybridized carbons (Fsp3) is 0.231. The van der Waals surface area contributed by atoms with Gasteiger partial charge >= 0.3 is 0 Å². The first-order valence-corrected chi connectivity index (χ1v) is 5.44. The van der Waals surface area contributed by atoms with Gasteiger partial charge in [-0.15, -0.1) is 0 Å². The topological polar surface area (TPSA) is 44.1 Å². The van der Waals surface area contributed by atoms with Crippen LogP contribution in [0.15, 0.2) is 30.6 Å². The maximum atomic E-state index is 10.9. The lowest BCUT2D eigenvalue weighted by atomic mass is 10.1. The fourth-order valence-electron chi connectivity index (χ4n) is 1.69. The molecule has 4 heteroatoms. The molecule has 1 aromatic carbocycles. The number of aryl methyl sites for hydroxylation is 1. The molecule has 0 N–H and O–H groups in total. The van der Waals surface area contributed by atoms with E-state index in [1.807, 2.05) is 29.9 Å². The van der Waals surface area contributed by atoms with Gasteiger partial charge in [-0.1, -0.05) is 6.07 Å². The minimum atomic E-state index is 0.550. The molecule has 17 heavy (non-hydrogen) atoms. The molecule has 88 valence electrons. The monoisotopic (exact) mass is 230 g/mol. The van der Waals surface area contributed by atoms with Gasteiger partial charge in [0, 0.05) is 18.3 Å². The van der Waals surface area contributed by atoms with Gasteiger partial charge in [0.15, 0.2) is 6.29 Å². The van der Waals surface area contributed by atoms with Gasteiger partial charge in [0.05, 0.1) is 18.9 Å². The lowest BCUT2D eigenvalue weighted by Crippen LogP contribution is -1.92. The van der Waals surface area contributed by atoms with E-state index in [0.717, 1.165) is 24.0 Å². The Bertz CT molecular complexity index is 532. The Labute approximate surface area is 99.8 Å². The van der Waals surface area contributed by atoms with E-state index in [1.165, 1.54) is 0 Å². The maximum absolute atomic E-state index is 10.9. The summed E-state index contributed by atoms with van der Waals surface area (Å²) in [6.45, 7) is 2.86. The van der Waals surface area contributed by atoms with Crippen LogP contribution in [0.1, 0.15) is 17.3 Å². The van der Waals surface area contributed by atoms with Crippen molar-refractivity contribution in [2.45, 2.75) is 13.5 Å². The molecule has 0 radical (unpaired) electrons. The number of carbonyl (C=O) groups excluding carboxylic acids is 1. The van der Waals surface area contributed by atoms with Crippen molar-refractivity contribution in [3.8, 4) is 16.9 Å². The van der Waals surface area contributed by atoms with Gasteiger partial charge in [-0.05, 0) is 24.6 Å². The van der Waals surface area contributed by atoms with E-state index in [4.69, 9.17) is 4.74 Å². The third-order valence-corrected chi connectivity index (χ3v) is 2.65. The summed E-state index contributed by atoms with van der Waals surface area (Å²) < 4.78 is 6.95. The summed E-state index contributed by atoms with van der Waals surface area (Å²) in [5.74, 6) is 0.589.